The molecular formula is C45H30N4. The molecule has 0 aliphatic rings. The summed E-state index contributed by atoms with van der Waals surface area (Å²) in [4.78, 5) is 14.8. The predicted molar refractivity (Wildman–Crippen MR) is 201 cm³/mol. The zero-order valence-corrected chi connectivity index (χ0v) is 25.9. The van der Waals surface area contributed by atoms with Crippen molar-refractivity contribution in [2.75, 3.05) is 0 Å². The zero-order chi connectivity index (χ0) is 40.4. The molecule has 9 aromatic rings. The standard InChI is InChI=1S/C45H30N4/c1-5-16-31(17-6-1)35-28-36(45-47-43(33-20-9-3-10-21-33)46-44(48-45)34-22-11-4-12-23-34)30-37(29-35)49-41-27-14-13-24-39(41)40-26-15-25-38(42(40)49)32-18-7-2-8-19-32/h1-30H/i2D,7D,8D,13D,14D,18D,19D,24D,27D. The van der Waals surface area contributed by atoms with E-state index in [0.717, 1.165) is 22.3 Å². The second-order valence-corrected chi connectivity index (χ2v) is 11.4. The van der Waals surface area contributed by atoms with E-state index in [1.165, 1.54) is 0 Å². The van der Waals surface area contributed by atoms with Crippen LogP contribution in [0.5, 0.6) is 0 Å². The maximum absolute atomic E-state index is 9.28. The van der Waals surface area contributed by atoms with Gasteiger partial charge in [0.2, 0.25) is 0 Å². The highest BCUT2D eigenvalue weighted by Crippen LogP contribution is 2.40. The first kappa shape index (κ1) is 20.6. The van der Waals surface area contributed by atoms with Crippen molar-refractivity contribution < 1.29 is 12.3 Å². The molecule has 0 unspecified atom stereocenters. The average molecular weight is 636 g/mol. The molecule has 7 aromatic carbocycles. The Morgan fingerprint density at radius 1 is 0.408 bits per heavy atom. The van der Waals surface area contributed by atoms with Crippen molar-refractivity contribution in [3.05, 3.63) is 182 Å². The topological polar surface area (TPSA) is 43.6 Å². The highest BCUT2D eigenvalue weighted by atomic mass is 15.0. The van der Waals surface area contributed by atoms with Gasteiger partial charge in [-0.1, -0.05) is 158 Å². The fourth-order valence-electron chi connectivity index (χ4n) is 6.22. The molecule has 2 aromatic heterocycles. The first-order valence-corrected chi connectivity index (χ1v) is 15.7. The summed E-state index contributed by atoms with van der Waals surface area (Å²) in [6.07, 6.45) is 0. The van der Waals surface area contributed by atoms with Crippen LogP contribution in [0.3, 0.4) is 0 Å². The molecule has 0 fully saturated rings. The Bertz CT molecular complexity index is 3010. The number of aromatic nitrogens is 4. The van der Waals surface area contributed by atoms with Crippen molar-refractivity contribution in [2.24, 2.45) is 0 Å². The second kappa shape index (κ2) is 12.2. The highest BCUT2D eigenvalue weighted by molar-refractivity contribution is 6.13. The first-order chi connectivity index (χ1) is 28.0. The van der Waals surface area contributed by atoms with Gasteiger partial charge in [0.1, 0.15) is 0 Å². The van der Waals surface area contributed by atoms with Gasteiger partial charge in [0, 0.05) is 38.7 Å². The van der Waals surface area contributed by atoms with E-state index >= 15 is 0 Å². The van der Waals surface area contributed by atoms with Crippen LogP contribution in [0.15, 0.2) is 182 Å². The summed E-state index contributed by atoms with van der Waals surface area (Å²) < 4.78 is 80.7. The van der Waals surface area contributed by atoms with Crippen molar-refractivity contribution in [1.29, 1.82) is 0 Å². The normalized spacial score (nSPS) is 13.8. The van der Waals surface area contributed by atoms with Crippen LogP contribution >= 0.6 is 0 Å². The van der Waals surface area contributed by atoms with Crippen LogP contribution in [0.4, 0.5) is 0 Å². The minimum atomic E-state index is -0.534. The van der Waals surface area contributed by atoms with Gasteiger partial charge in [0.25, 0.3) is 0 Å². The molecule has 0 bridgehead atoms. The van der Waals surface area contributed by atoms with Gasteiger partial charge in [0.05, 0.1) is 23.4 Å². The van der Waals surface area contributed by atoms with Gasteiger partial charge < -0.3 is 4.57 Å². The Morgan fingerprint density at radius 2 is 0.959 bits per heavy atom. The molecule has 0 aliphatic heterocycles. The average Bonchev–Trinajstić information content (AvgIpc) is 3.63. The minimum Gasteiger partial charge on any atom is -0.309 e. The molecular weight excluding hydrogens is 597 g/mol. The van der Waals surface area contributed by atoms with Gasteiger partial charge in [0.15, 0.2) is 17.5 Å². The number of hydrogen-bond donors (Lipinski definition) is 0. The van der Waals surface area contributed by atoms with E-state index in [-0.39, 0.29) is 34.1 Å². The number of para-hydroxylation sites is 2. The number of nitrogens with zero attached hydrogens (tertiary/aromatic N) is 4. The van der Waals surface area contributed by atoms with Crippen molar-refractivity contribution in [1.82, 2.24) is 19.5 Å². The van der Waals surface area contributed by atoms with Crippen molar-refractivity contribution in [2.45, 2.75) is 0 Å². The Labute approximate surface area is 297 Å². The van der Waals surface area contributed by atoms with Gasteiger partial charge in [-0.2, -0.15) is 0 Å². The van der Waals surface area contributed by atoms with E-state index in [9.17, 15) is 1.37 Å². The Balaban J connectivity index is 1.44. The van der Waals surface area contributed by atoms with E-state index in [1.807, 2.05) is 109 Å². The lowest BCUT2D eigenvalue weighted by Gasteiger charge is -2.16. The lowest BCUT2D eigenvalue weighted by atomic mass is 10.0. The number of rotatable bonds is 6. The van der Waals surface area contributed by atoms with Crippen LogP contribution in [-0.4, -0.2) is 19.5 Å². The molecule has 230 valence electrons. The van der Waals surface area contributed by atoms with E-state index in [0.29, 0.717) is 39.6 Å². The number of hydrogen-bond acceptors (Lipinski definition) is 3. The third kappa shape index (κ3) is 5.26. The van der Waals surface area contributed by atoms with Crippen LogP contribution in [0.1, 0.15) is 12.3 Å². The van der Waals surface area contributed by atoms with Crippen molar-refractivity contribution >= 4 is 21.8 Å². The summed E-state index contributed by atoms with van der Waals surface area (Å²) in [5, 5.41) is 0.635. The largest absolute Gasteiger partial charge is 0.309 e. The fraction of sp³-hybridized carbons (Fsp3) is 0. The van der Waals surface area contributed by atoms with E-state index in [1.54, 1.807) is 22.8 Å². The van der Waals surface area contributed by atoms with E-state index < -0.39 is 42.3 Å². The van der Waals surface area contributed by atoms with Gasteiger partial charge >= 0.3 is 0 Å². The van der Waals surface area contributed by atoms with Gasteiger partial charge in [-0.15, -0.1) is 0 Å². The first-order valence-electron chi connectivity index (χ1n) is 20.2. The number of fused-ring (bicyclic) bond motifs is 3. The van der Waals surface area contributed by atoms with Crippen LogP contribution in [-0.2, 0) is 0 Å². The molecule has 9 rings (SSSR count). The maximum Gasteiger partial charge on any atom is 0.164 e. The molecule has 0 N–H and O–H groups in total. The molecule has 0 amide bonds. The molecule has 4 heteroatoms. The Hall–Kier alpha value is -6.65. The van der Waals surface area contributed by atoms with Gasteiger partial charge in [-0.05, 0) is 40.9 Å². The fourth-order valence-corrected chi connectivity index (χ4v) is 6.22. The summed E-state index contributed by atoms with van der Waals surface area (Å²) >= 11 is 0. The SMILES string of the molecule is [2H]c1c([2H])c([2H])c(-c2cccc3c4c([2H])c([2H])c([2H])c([2H])c4n(-c4cc(-c5ccccc5)cc(-c5nc(-c6ccccc6)nc(-c6ccccc6)n5)c4)c23)c([2H])c1[2H]. The third-order valence-corrected chi connectivity index (χ3v) is 8.43. The van der Waals surface area contributed by atoms with Crippen LogP contribution in [0.25, 0.3) is 83.9 Å². The van der Waals surface area contributed by atoms with E-state index in [2.05, 4.69) is 0 Å². The second-order valence-electron chi connectivity index (χ2n) is 11.4. The summed E-state index contributed by atoms with van der Waals surface area (Å²) in [5.41, 5.74) is 4.88. The van der Waals surface area contributed by atoms with Crippen LogP contribution in [0.2, 0.25) is 0 Å². The lowest BCUT2D eigenvalue weighted by Crippen LogP contribution is -2.02. The van der Waals surface area contributed by atoms with Crippen LogP contribution in [0, 0.1) is 0 Å². The Kier molecular flexibility index (Phi) is 5.11. The maximum atomic E-state index is 9.28. The third-order valence-electron chi connectivity index (χ3n) is 8.43. The van der Waals surface area contributed by atoms with Gasteiger partial charge in [-0.3, -0.25) is 0 Å². The summed E-state index contributed by atoms with van der Waals surface area (Å²) in [7, 11) is 0. The zero-order valence-electron chi connectivity index (χ0n) is 34.9. The molecule has 0 spiro atoms. The molecule has 0 atom stereocenters. The van der Waals surface area contributed by atoms with E-state index in [4.69, 9.17) is 25.9 Å². The van der Waals surface area contributed by atoms with Gasteiger partial charge in [-0.25, -0.2) is 15.0 Å². The smallest absolute Gasteiger partial charge is 0.164 e. The molecule has 49 heavy (non-hydrogen) atoms. The number of benzene rings is 7. The quantitative estimate of drug-likeness (QED) is 0.183. The molecule has 4 nitrogen and oxygen atoms in total. The monoisotopic (exact) mass is 635 g/mol. The van der Waals surface area contributed by atoms with Crippen molar-refractivity contribution in [3.8, 4) is 62.1 Å². The van der Waals surface area contributed by atoms with Crippen molar-refractivity contribution in [3.63, 3.8) is 0 Å². The summed E-state index contributed by atoms with van der Waals surface area (Å²) in [6, 6.07) is 35.7. The Morgan fingerprint density at radius 3 is 1.61 bits per heavy atom. The molecule has 0 radical (unpaired) electrons. The van der Waals surface area contributed by atoms with Crippen LogP contribution < -0.4 is 0 Å². The lowest BCUT2D eigenvalue weighted by molar-refractivity contribution is 1.07. The highest BCUT2D eigenvalue weighted by Gasteiger charge is 2.19. The summed E-state index contributed by atoms with van der Waals surface area (Å²) in [6.45, 7) is 0. The molecule has 0 saturated heterocycles. The molecule has 2 heterocycles. The molecule has 0 saturated carbocycles. The predicted octanol–water partition coefficient (Wildman–Crippen LogP) is 11.3. The summed E-state index contributed by atoms with van der Waals surface area (Å²) in [5.74, 6) is 1.25. The minimum absolute atomic E-state index is 0.0622. The molecule has 0 aliphatic carbocycles.